The Morgan fingerprint density at radius 1 is 1.05 bits per heavy atom. The summed E-state index contributed by atoms with van der Waals surface area (Å²) in [5.74, 6) is 0. The van der Waals surface area contributed by atoms with E-state index in [0.717, 1.165) is 26.6 Å². The van der Waals surface area contributed by atoms with Gasteiger partial charge in [-0.15, -0.1) is 0 Å². The molecule has 0 amide bonds. The second-order valence-electron chi connectivity index (χ2n) is 4.16. The summed E-state index contributed by atoms with van der Waals surface area (Å²) in [6.45, 7) is 1.98. The molecule has 0 bridgehead atoms. The van der Waals surface area contributed by atoms with Crippen LogP contribution in [0.25, 0.3) is 10.2 Å². The Bertz CT molecular complexity index is 683. The molecular weight excluding hydrogens is 254 g/mol. The minimum Gasteiger partial charge on any atom is -0.252 e. The molecule has 4 heteroatoms. The van der Waals surface area contributed by atoms with Gasteiger partial charge in [0.15, 0.2) is 0 Å². The summed E-state index contributed by atoms with van der Waals surface area (Å²) in [6.07, 6.45) is 0. The van der Waals surface area contributed by atoms with Crippen molar-refractivity contribution in [2.75, 3.05) is 5.43 Å². The molecule has 2 aromatic carbocycles. The zero-order valence-corrected chi connectivity index (χ0v) is 11.3. The summed E-state index contributed by atoms with van der Waals surface area (Å²) in [5, 5.41) is 5.19. The monoisotopic (exact) mass is 267 g/mol. The fourth-order valence-corrected chi connectivity index (χ4v) is 2.60. The Balaban J connectivity index is 1.82. The number of anilines is 1. The van der Waals surface area contributed by atoms with Crippen LogP contribution >= 0.6 is 11.3 Å². The summed E-state index contributed by atoms with van der Waals surface area (Å²) in [7, 11) is 0. The highest BCUT2D eigenvalue weighted by Crippen LogP contribution is 2.25. The van der Waals surface area contributed by atoms with Gasteiger partial charge in [0.2, 0.25) is 5.13 Å². The second-order valence-corrected chi connectivity index (χ2v) is 5.19. The molecule has 0 aliphatic rings. The third-order valence-electron chi connectivity index (χ3n) is 2.80. The van der Waals surface area contributed by atoms with E-state index in [2.05, 4.69) is 21.6 Å². The number of para-hydroxylation sites is 1. The lowest BCUT2D eigenvalue weighted by atomic mass is 10.1. The molecular formula is C15H13N3S. The molecule has 0 radical (unpaired) electrons. The highest BCUT2D eigenvalue weighted by atomic mass is 32.1. The maximum absolute atomic E-state index is 4.48. The molecule has 0 saturated carbocycles. The molecule has 0 fully saturated rings. The Morgan fingerprint density at radius 3 is 2.58 bits per heavy atom. The molecule has 0 unspecified atom stereocenters. The van der Waals surface area contributed by atoms with Crippen LogP contribution in [0.15, 0.2) is 59.7 Å². The number of rotatable bonds is 3. The number of aromatic nitrogens is 1. The van der Waals surface area contributed by atoms with Crippen LogP contribution < -0.4 is 5.43 Å². The van der Waals surface area contributed by atoms with E-state index >= 15 is 0 Å². The highest BCUT2D eigenvalue weighted by molar-refractivity contribution is 7.22. The van der Waals surface area contributed by atoms with Gasteiger partial charge in [-0.25, -0.2) is 4.98 Å². The summed E-state index contributed by atoms with van der Waals surface area (Å²) in [6, 6.07) is 18.2. The van der Waals surface area contributed by atoms with Crippen LogP contribution in [0, 0.1) is 0 Å². The Labute approximate surface area is 115 Å². The minimum atomic E-state index is 0.816. The molecule has 1 heterocycles. The quantitative estimate of drug-likeness (QED) is 0.572. The van der Waals surface area contributed by atoms with Crippen molar-refractivity contribution in [2.24, 2.45) is 5.10 Å². The number of fused-ring (bicyclic) bond motifs is 1. The number of hydrogen-bond acceptors (Lipinski definition) is 4. The SMILES string of the molecule is CC(=NNc1nc2ccccc2s1)c1ccccc1. The largest absolute Gasteiger partial charge is 0.252 e. The Hall–Kier alpha value is -2.20. The van der Waals surface area contributed by atoms with Crippen molar-refractivity contribution in [2.45, 2.75) is 6.92 Å². The van der Waals surface area contributed by atoms with E-state index in [1.54, 1.807) is 11.3 Å². The van der Waals surface area contributed by atoms with Gasteiger partial charge in [-0.2, -0.15) is 5.10 Å². The first-order valence-corrected chi connectivity index (χ1v) is 6.86. The molecule has 0 atom stereocenters. The average molecular weight is 267 g/mol. The molecule has 1 N–H and O–H groups in total. The van der Waals surface area contributed by atoms with E-state index in [0.29, 0.717) is 0 Å². The number of thiazole rings is 1. The normalized spacial score (nSPS) is 11.7. The minimum absolute atomic E-state index is 0.816. The van der Waals surface area contributed by atoms with E-state index in [1.807, 2.05) is 55.5 Å². The van der Waals surface area contributed by atoms with Crippen LogP contribution in [0.5, 0.6) is 0 Å². The molecule has 3 rings (SSSR count). The molecule has 3 aromatic rings. The lowest BCUT2D eigenvalue weighted by Crippen LogP contribution is -1.98. The van der Waals surface area contributed by atoms with Crippen LogP contribution in [0.3, 0.4) is 0 Å². The molecule has 3 nitrogen and oxygen atoms in total. The van der Waals surface area contributed by atoms with Gasteiger partial charge in [0.1, 0.15) is 0 Å². The molecule has 0 aliphatic heterocycles. The van der Waals surface area contributed by atoms with E-state index in [9.17, 15) is 0 Å². The van der Waals surface area contributed by atoms with Crippen molar-refractivity contribution in [1.29, 1.82) is 0 Å². The van der Waals surface area contributed by atoms with Crippen LogP contribution in [-0.4, -0.2) is 10.7 Å². The van der Waals surface area contributed by atoms with Crippen LogP contribution in [0.1, 0.15) is 12.5 Å². The molecule has 0 aliphatic carbocycles. The maximum atomic E-state index is 4.48. The van der Waals surface area contributed by atoms with Crippen molar-refractivity contribution in [3.05, 3.63) is 60.2 Å². The van der Waals surface area contributed by atoms with E-state index in [-0.39, 0.29) is 0 Å². The van der Waals surface area contributed by atoms with Crippen LogP contribution in [0.2, 0.25) is 0 Å². The van der Waals surface area contributed by atoms with Gasteiger partial charge >= 0.3 is 0 Å². The van der Waals surface area contributed by atoms with Crippen LogP contribution in [-0.2, 0) is 0 Å². The molecule has 19 heavy (non-hydrogen) atoms. The predicted octanol–water partition coefficient (Wildman–Crippen LogP) is 4.13. The van der Waals surface area contributed by atoms with Crippen molar-refractivity contribution in [3.63, 3.8) is 0 Å². The van der Waals surface area contributed by atoms with Gasteiger partial charge in [0.25, 0.3) is 0 Å². The predicted molar refractivity (Wildman–Crippen MR) is 81.9 cm³/mol. The van der Waals surface area contributed by atoms with Gasteiger partial charge < -0.3 is 0 Å². The zero-order chi connectivity index (χ0) is 13.1. The van der Waals surface area contributed by atoms with Gasteiger partial charge in [-0.1, -0.05) is 53.8 Å². The van der Waals surface area contributed by atoms with Gasteiger partial charge in [0, 0.05) is 0 Å². The molecule has 1 aromatic heterocycles. The third-order valence-corrected chi connectivity index (χ3v) is 3.75. The molecule has 0 spiro atoms. The van der Waals surface area contributed by atoms with E-state index in [4.69, 9.17) is 0 Å². The summed E-state index contributed by atoms with van der Waals surface area (Å²) >= 11 is 1.61. The first-order valence-electron chi connectivity index (χ1n) is 6.04. The lowest BCUT2D eigenvalue weighted by Gasteiger charge is -2.00. The van der Waals surface area contributed by atoms with E-state index < -0.39 is 0 Å². The summed E-state index contributed by atoms with van der Waals surface area (Å²) in [4.78, 5) is 4.48. The second kappa shape index (κ2) is 5.20. The zero-order valence-electron chi connectivity index (χ0n) is 10.5. The number of nitrogens with one attached hydrogen (secondary N) is 1. The van der Waals surface area contributed by atoms with Gasteiger partial charge in [0.05, 0.1) is 15.9 Å². The van der Waals surface area contributed by atoms with E-state index in [1.165, 1.54) is 0 Å². The van der Waals surface area contributed by atoms with Gasteiger partial charge in [-0.05, 0) is 24.6 Å². The van der Waals surface area contributed by atoms with Crippen molar-refractivity contribution in [1.82, 2.24) is 4.98 Å². The number of hydrogen-bond donors (Lipinski definition) is 1. The third kappa shape index (κ3) is 2.63. The fourth-order valence-electron chi connectivity index (χ4n) is 1.80. The van der Waals surface area contributed by atoms with Crippen molar-refractivity contribution >= 4 is 32.4 Å². The molecule has 94 valence electrons. The first-order chi connectivity index (χ1) is 9.33. The number of nitrogens with zero attached hydrogens (tertiary/aromatic N) is 2. The van der Waals surface area contributed by atoms with Gasteiger partial charge in [-0.3, -0.25) is 5.43 Å². The fraction of sp³-hybridized carbons (Fsp3) is 0.0667. The van der Waals surface area contributed by atoms with Crippen molar-refractivity contribution < 1.29 is 0 Å². The molecule has 0 saturated heterocycles. The topological polar surface area (TPSA) is 37.3 Å². The average Bonchev–Trinajstić information content (AvgIpc) is 2.88. The lowest BCUT2D eigenvalue weighted by molar-refractivity contribution is 1.29. The maximum Gasteiger partial charge on any atom is 0.204 e. The highest BCUT2D eigenvalue weighted by Gasteiger charge is 2.02. The smallest absolute Gasteiger partial charge is 0.204 e. The van der Waals surface area contributed by atoms with Crippen molar-refractivity contribution in [3.8, 4) is 0 Å². The first kappa shape index (κ1) is 11.9. The summed E-state index contributed by atoms with van der Waals surface area (Å²) < 4.78 is 1.16. The standard InChI is InChI=1S/C15H13N3S/c1-11(12-7-3-2-4-8-12)17-18-15-16-13-9-5-6-10-14(13)19-15/h2-10H,1H3,(H,16,18). The summed E-state index contributed by atoms with van der Waals surface area (Å²) in [5.41, 5.74) is 6.08. The Kier molecular flexibility index (Phi) is 3.25. The number of benzene rings is 2. The Morgan fingerprint density at radius 2 is 1.79 bits per heavy atom. The van der Waals surface area contributed by atoms with Crippen LogP contribution in [0.4, 0.5) is 5.13 Å². The number of hydrazone groups is 1.